The van der Waals surface area contributed by atoms with Gasteiger partial charge in [0, 0.05) is 0 Å². The van der Waals surface area contributed by atoms with Gasteiger partial charge in [-0.2, -0.15) is 0 Å². The Morgan fingerprint density at radius 1 is 0.905 bits per heavy atom. The molecule has 0 aromatic carbocycles. The molecule has 21 heavy (non-hydrogen) atoms. The van der Waals surface area contributed by atoms with Crippen molar-refractivity contribution in [2.45, 2.75) is 40.2 Å². The molecule has 0 aliphatic heterocycles. The Labute approximate surface area is 127 Å². The molecule has 5 heteroatoms. The van der Waals surface area contributed by atoms with E-state index in [1.165, 1.54) is 0 Å². The lowest BCUT2D eigenvalue weighted by molar-refractivity contribution is -0.119. The highest BCUT2D eigenvalue weighted by atomic mass is 28.4. The predicted molar refractivity (Wildman–Crippen MR) is 86.3 cm³/mol. The van der Waals surface area contributed by atoms with Crippen molar-refractivity contribution in [2.24, 2.45) is 0 Å². The zero-order chi connectivity index (χ0) is 16.8. The first-order chi connectivity index (χ1) is 9.60. The summed E-state index contributed by atoms with van der Waals surface area (Å²) in [6.45, 7) is 17.0. The molecule has 0 spiro atoms. The number of carbonyl (C=O) groups is 3. The normalized spacial score (nSPS) is 10.9. The lowest BCUT2D eigenvalue weighted by Crippen LogP contribution is -2.56. The maximum Gasteiger partial charge on any atom is 0.346 e. The van der Waals surface area contributed by atoms with Gasteiger partial charge in [-0.25, -0.2) is 0 Å². The van der Waals surface area contributed by atoms with E-state index in [-0.39, 0.29) is 34.3 Å². The molecule has 0 aromatic heterocycles. The summed E-state index contributed by atoms with van der Waals surface area (Å²) in [5.41, 5.74) is 0.875. The third kappa shape index (κ3) is 4.72. The third-order valence-electron chi connectivity index (χ3n) is 3.04. The van der Waals surface area contributed by atoms with Crippen molar-refractivity contribution in [3.8, 4) is 0 Å². The Morgan fingerprint density at radius 2 is 1.33 bits per heavy atom. The smallest absolute Gasteiger partial charge is 0.346 e. The van der Waals surface area contributed by atoms with Gasteiger partial charge in [-0.05, 0) is 43.5 Å². The SMILES string of the molecule is C=C(C)C(=O)CO[Si](CCC)(C(=O)C(=C)C)C(=O)C(=C)C. The van der Waals surface area contributed by atoms with Crippen LogP contribution in [0.25, 0.3) is 0 Å². The van der Waals surface area contributed by atoms with Gasteiger partial charge in [0.2, 0.25) is 0 Å². The summed E-state index contributed by atoms with van der Waals surface area (Å²) >= 11 is 0. The van der Waals surface area contributed by atoms with E-state index in [1.54, 1.807) is 20.8 Å². The number of carbonyl (C=O) groups excluding carboxylic acids is 3. The maximum absolute atomic E-state index is 12.5. The van der Waals surface area contributed by atoms with E-state index in [1.807, 2.05) is 6.92 Å². The molecule has 0 atom stereocenters. The van der Waals surface area contributed by atoms with Crippen LogP contribution in [0, 0.1) is 0 Å². The fourth-order valence-electron chi connectivity index (χ4n) is 1.89. The molecule has 0 heterocycles. The van der Waals surface area contributed by atoms with Crippen molar-refractivity contribution in [3.05, 3.63) is 36.5 Å². The summed E-state index contributed by atoms with van der Waals surface area (Å²) in [5.74, 6) is -0.313. The van der Waals surface area contributed by atoms with Crippen LogP contribution in [-0.2, 0) is 18.8 Å². The number of rotatable bonds is 10. The van der Waals surface area contributed by atoms with E-state index < -0.39 is 8.32 Å². The summed E-state index contributed by atoms with van der Waals surface area (Å²) in [7, 11) is -3.48. The summed E-state index contributed by atoms with van der Waals surface area (Å²) in [4.78, 5) is 36.8. The minimum atomic E-state index is -3.48. The predicted octanol–water partition coefficient (Wildman–Crippen LogP) is 2.87. The van der Waals surface area contributed by atoms with Crippen molar-refractivity contribution in [3.63, 3.8) is 0 Å². The van der Waals surface area contributed by atoms with Gasteiger partial charge in [-0.15, -0.1) is 0 Å². The molecule has 0 saturated heterocycles. The minimum Gasteiger partial charge on any atom is -0.395 e. The molecular weight excluding hydrogens is 284 g/mol. The zero-order valence-corrected chi connectivity index (χ0v) is 14.4. The Kier molecular flexibility index (Phi) is 7.39. The Hall–Kier alpha value is -1.59. The second-order valence-electron chi connectivity index (χ2n) is 5.29. The first-order valence-electron chi connectivity index (χ1n) is 6.83. The minimum absolute atomic E-state index is 0.271. The highest BCUT2D eigenvalue weighted by molar-refractivity contribution is 7.23. The maximum atomic E-state index is 12.5. The Balaban J connectivity index is 5.68. The molecule has 0 aliphatic carbocycles. The second kappa shape index (κ2) is 8.00. The molecule has 0 N–H and O–H groups in total. The molecular formula is C16H24O4Si. The zero-order valence-electron chi connectivity index (χ0n) is 13.4. The lowest BCUT2D eigenvalue weighted by atomic mass is 10.2. The fourth-order valence-corrected chi connectivity index (χ4v) is 5.41. The van der Waals surface area contributed by atoms with Crippen LogP contribution in [-0.4, -0.2) is 31.5 Å². The largest absolute Gasteiger partial charge is 0.395 e. The molecule has 0 rings (SSSR count). The van der Waals surface area contributed by atoms with Gasteiger partial charge < -0.3 is 4.43 Å². The Bertz CT molecular complexity index is 476. The molecule has 0 saturated carbocycles. The average molecular weight is 308 g/mol. The van der Waals surface area contributed by atoms with Gasteiger partial charge in [0.1, 0.15) is 0 Å². The van der Waals surface area contributed by atoms with Crippen LogP contribution in [0.4, 0.5) is 0 Å². The van der Waals surface area contributed by atoms with Gasteiger partial charge >= 0.3 is 8.32 Å². The number of hydrogen-bond donors (Lipinski definition) is 0. The van der Waals surface area contributed by atoms with Crippen molar-refractivity contribution >= 4 is 24.9 Å². The number of ketones is 1. The number of allylic oxidation sites excluding steroid dienone is 2. The van der Waals surface area contributed by atoms with E-state index >= 15 is 0 Å². The molecule has 0 bridgehead atoms. The summed E-state index contributed by atoms with van der Waals surface area (Å²) in [6.07, 6.45) is 0.603. The molecule has 0 amide bonds. The summed E-state index contributed by atoms with van der Waals surface area (Å²) < 4.78 is 5.65. The highest BCUT2D eigenvalue weighted by Gasteiger charge is 2.50. The van der Waals surface area contributed by atoms with Crippen LogP contribution in [0.3, 0.4) is 0 Å². The first kappa shape index (κ1) is 19.4. The van der Waals surface area contributed by atoms with Gasteiger partial charge in [0.25, 0.3) is 0 Å². The molecule has 0 radical (unpaired) electrons. The van der Waals surface area contributed by atoms with E-state index in [9.17, 15) is 14.4 Å². The van der Waals surface area contributed by atoms with Crippen molar-refractivity contribution < 1.29 is 18.8 Å². The van der Waals surface area contributed by atoms with Gasteiger partial charge in [-0.1, -0.05) is 33.1 Å². The Morgan fingerprint density at radius 3 is 1.62 bits per heavy atom. The van der Waals surface area contributed by atoms with Crippen LogP contribution >= 0.6 is 0 Å². The number of Topliss-reactive ketones (excluding diaryl/α,β-unsaturated/α-hetero) is 1. The molecule has 0 aliphatic rings. The van der Waals surface area contributed by atoms with Crippen LogP contribution in [0.5, 0.6) is 0 Å². The van der Waals surface area contributed by atoms with E-state index in [0.717, 1.165) is 0 Å². The topological polar surface area (TPSA) is 60.4 Å². The quantitative estimate of drug-likeness (QED) is 0.460. The third-order valence-corrected chi connectivity index (χ3v) is 7.20. The van der Waals surface area contributed by atoms with E-state index in [2.05, 4.69) is 19.7 Å². The molecule has 0 aromatic rings. The van der Waals surface area contributed by atoms with Crippen molar-refractivity contribution in [1.82, 2.24) is 0 Å². The van der Waals surface area contributed by atoms with Crippen molar-refractivity contribution in [2.75, 3.05) is 6.61 Å². The van der Waals surface area contributed by atoms with E-state index in [4.69, 9.17) is 4.43 Å². The fraction of sp³-hybridized carbons (Fsp3) is 0.438. The van der Waals surface area contributed by atoms with Crippen LogP contribution in [0.15, 0.2) is 36.5 Å². The van der Waals surface area contributed by atoms with Crippen LogP contribution in [0.2, 0.25) is 6.04 Å². The molecule has 0 unspecified atom stereocenters. The van der Waals surface area contributed by atoms with Crippen LogP contribution in [0.1, 0.15) is 34.1 Å². The highest BCUT2D eigenvalue weighted by Crippen LogP contribution is 2.23. The molecule has 116 valence electrons. The number of hydrogen-bond acceptors (Lipinski definition) is 4. The van der Waals surface area contributed by atoms with Gasteiger partial charge in [-0.3, -0.25) is 14.4 Å². The van der Waals surface area contributed by atoms with Crippen molar-refractivity contribution in [1.29, 1.82) is 0 Å². The monoisotopic (exact) mass is 308 g/mol. The summed E-state index contributed by atoms with van der Waals surface area (Å²) in [5, 5.41) is -0.737. The van der Waals surface area contributed by atoms with Gasteiger partial charge in [0.15, 0.2) is 16.6 Å². The molecule has 0 fully saturated rings. The first-order valence-corrected chi connectivity index (χ1v) is 8.95. The van der Waals surface area contributed by atoms with E-state index in [0.29, 0.717) is 18.0 Å². The lowest BCUT2D eigenvalue weighted by Gasteiger charge is -2.28. The second-order valence-corrected chi connectivity index (χ2v) is 8.64. The van der Waals surface area contributed by atoms with Gasteiger partial charge in [0.05, 0.1) is 6.61 Å². The standard InChI is InChI=1S/C16H24O4Si/c1-8-9-21(15(18)12(4)5,16(19)13(6)7)20-10-14(17)11(2)3/h2,4,6,8-10H2,1,3,5,7H3. The van der Waals surface area contributed by atoms with Crippen LogP contribution < -0.4 is 0 Å². The average Bonchev–Trinajstić information content (AvgIpc) is 2.41. The molecule has 4 nitrogen and oxygen atoms in total. The summed E-state index contributed by atoms with van der Waals surface area (Å²) in [6, 6.07) is 0.313.